The van der Waals surface area contributed by atoms with Gasteiger partial charge in [-0.1, -0.05) is 12.1 Å². The van der Waals surface area contributed by atoms with E-state index in [-0.39, 0.29) is 11.9 Å². The highest BCUT2D eigenvalue weighted by Crippen LogP contribution is 2.16. The SMILES string of the molecule is Cc1ccc(CNC(=O)CCC(C)N)c(C)c1C. The van der Waals surface area contributed by atoms with Crippen LogP contribution in [0.15, 0.2) is 12.1 Å². The van der Waals surface area contributed by atoms with Crippen molar-refractivity contribution in [3.05, 3.63) is 34.4 Å². The Morgan fingerprint density at radius 1 is 1.28 bits per heavy atom. The van der Waals surface area contributed by atoms with Crippen molar-refractivity contribution in [1.29, 1.82) is 0 Å². The van der Waals surface area contributed by atoms with E-state index in [0.717, 1.165) is 6.42 Å². The lowest BCUT2D eigenvalue weighted by Crippen LogP contribution is -2.25. The Morgan fingerprint density at radius 3 is 2.56 bits per heavy atom. The molecule has 18 heavy (non-hydrogen) atoms. The molecule has 3 heteroatoms. The van der Waals surface area contributed by atoms with Gasteiger partial charge in [-0.2, -0.15) is 0 Å². The van der Waals surface area contributed by atoms with Crippen LogP contribution >= 0.6 is 0 Å². The minimum Gasteiger partial charge on any atom is -0.352 e. The number of nitrogens with one attached hydrogen (secondary N) is 1. The molecule has 0 aliphatic rings. The van der Waals surface area contributed by atoms with Crippen LogP contribution in [-0.2, 0) is 11.3 Å². The van der Waals surface area contributed by atoms with Gasteiger partial charge in [0.05, 0.1) is 0 Å². The van der Waals surface area contributed by atoms with E-state index >= 15 is 0 Å². The smallest absolute Gasteiger partial charge is 0.220 e. The normalized spacial score (nSPS) is 12.3. The molecule has 3 N–H and O–H groups in total. The third-order valence-electron chi connectivity index (χ3n) is 3.47. The minimum absolute atomic E-state index is 0.0740. The van der Waals surface area contributed by atoms with E-state index in [4.69, 9.17) is 5.73 Å². The number of nitrogens with two attached hydrogens (primary N) is 1. The Bertz CT molecular complexity index is 425. The Hall–Kier alpha value is -1.35. The zero-order chi connectivity index (χ0) is 13.7. The van der Waals surface area contributed by atoms with Crippen LogP contribution in [0.4, 0.5) is 0 Å². The van der Waals surface area contributed by atoms with Crippen LogP contribution < -0.4 is 11.1 Å². The second-order valence-electron chi connectivity index (χ2n) is 5.08. The van der Waals surface area contributed by atoms with Gasteiger partial charge in [0.25, 0.3) is 0 Å². The van der Waals surface area contributed by atoms with Crippen LogP contribution in [0.25, 0.3) is 0 Å². The molecule has 0 radical (unpaired) electrons. The highest BCUT2D eigenvalue weighted by Gasteiger charge is 2.06. The van der Waals surface area contributed by atoms with Crippen molar-refractivity contribution < 1.29 is 4.79 Å². The maximum Gasteiger partial charge on any atom is 0.220 e. The fourth-order valence-electron chi connectivity index (χ4n) is 1.84. The number of aryl methyl sites for hydroxylation is 1. The van der Waals surface area contributed by atoms with Gasteiger partial charge in [0.15, 0.2) is 0 Å². The van der Waals surface area contributed by atoms with Crippen LogP contribution in [0.1, 0.15) is 42.0 Å². The molecular formula is C15H24N2O. The van der Waals surface area contributed by atoms with Gasteiger partial charge in [0.2, 0.25) is 5.91 Å². The lowest BCUT2D eigenvalue weighted by Gasteiger charge is -2.12. The second kappa shape index (κ2) is 6.55. The van der Waals surface area contributed by atoms with Gasteiger partial charge in [0.1, 0.15) is 0 Å². The van der Waals surface area contributed by atoms with Crippen molar-refractivity contribution >= 4 is 5.91 Å². The number of carbonyl (C=O) groups is 1. The predicted molar refractivity (Wildman–Crippen MR) is 75.4 cm³/mol. The van der Waals surface area contributed by atoms with E-state index in [2.05, 4.69) is 38.2 Å². The lowest BCUT2D eigenvalue weighted by atomic mass is 9.99. The third-order valence-corrected chi connectivity index (χ3v) is 3.47. The molecule has 3 nitrogen and oxygen atoms in total. The standard InChI is InChI=1S/C15H24N2O/c1-10-5-7-14(13(4)12(10)3)9-17-15(18)8-6-11(2)16/h5,7,11H,6,8-9,16H2,1-4H3,(H,17,18). The van der Waals surface area contributed by atoms with Crippen LogP contribution in [0.2, 0.25) is 0 Å². The summed E-state index contributed by atoms with van der Waals surface area (Å²) in [5.41, 5.74) is 10.7. The van der Waals surface area contributed by atoms with E-state index in [1.54, 1.807) is 0 Å². The first kappa shape index (κ1) is 14.7. The average Bonchev–Trinajstić information content (AvgIpc) is 2.32. The molecule has 0 aromatic heterocycles. The van der Waals surface area contributed by atoms with Gasteiger partial charge < -0.3 is 11.1 Å². The number of hydrogen-bond donors (Lipinski definition) is 2. The third kappa shape index (κ3) is 4.15. The molecule has 0 saturated heterocycles. The Balaban J connectivity index is 2.54. The van der Waals surface area contributed by atoms with Crippen molar-refractivity contribution in [2.75, 3.05) is 0 Å². The number of hydrogen-bond acceptors (Lipinski definition) is 2. The quantitative estimate of drug-likeness (QED) is 0.840. The summed E-state index contributed by atoms with van der Waals surface area (Å²) in [5, 5.41) is 2.95. The number of rotatable bonds is 5. The molecule has 1 atom stereocenters. The number of benzene rings is 1. The van der Waals surface area contributed by atoms with Crippen molar-refractivity contribution in [1.82, 2.24) is 5.32 Å². The Labute approximate surface area is 110 Å². The van der Waals surface area contributed by atoms with Gasteiger partial charge in [-0.25, -0.2) is 0 Å². The molecule has 0 aliphatic heterocycles. The van der Waals surface area contributed by atoms with Crippen LogP contribution in [0.5, 0.6) is 0 Å². The first-order valence-corrected chi connectivity index (χ1v) is 6.49. The fraction of sp³-hybridized carbons (Fsp3) is 0.533. The lowest BCUT2D eigenvalue weighted by molar-refractivity contribution is -0.121. The summed E-state index contributed by atoms with van der Waals surface area (Å²) in [6.07, 6.45) is 1.24. The van der Waals surface area contributed by atoms with E-state index < -0.39 is 0 Å². The molecule has 1 aromatic carbocycles. The molecule has 0 spiro atoms. The van der Waals surface area contributed by atoms with Crippen molar-refractivity contribution in [2.24, 2.45) is 5.73 Å². The molecule has 1 amide bonds. The van der Waals surface area contributed by atoms with Gasteiger partial charge in [0, 0.05) is 19.0 Å². The van der Waals surface area contributed by atoms with Crippen molar-refractivity contribution in [3.63, 3.8) is 0 Å². The van der Waals surface area contributed by atoms with E-state index in [0.29, 0.717) is 13.0 Å². The zero-order valence-electron chi connectivity index (χ0n) is 11.8. The fourth-order valence-corrected chi connectivity index (χ4v) is 1.84. The summed E-state index contributed by atoms with van der Waals surface area (Å²) in [4.78, 5) is 11.6. The largest absolute Gasteiger partial charge is 0.352 e. The van der Waals surface area contributed by atoms with E-state index in [1.165, 1.54) is 22.3 Å². The van der Waals surface area contributed by atoms with E-state index in [9.17, 15) is 4.79 Å². The molecule has 1 unspecified atom stereocenters. The zero-order valence-corrected chi connectivity index (χ0v) is 11.8. The van der Waals surface area contributed by atoms with Gasteiger partial charge in [-0.3, -0.25) is 4.79 Å². The van der Waals surface area contributed by atoms with Crippen molar-refractivity contribution in [3.8, 4) is 0 Å². The topological polar surface area (TPSA) is 55.1 Å². The molecular weight excluding hydrogens is 224 g/mol. The molecule has 0 bridgehead atoms. The Morgan fingerprint density at radius 2 is 1.94 bits per heavy atom. The Kier molecular flexibility index (Phi) is 5.35. The molecule has 0 aliphatic carbocycles. The average molecular weight is 248 g/mol. The molecule has 0 heterocycles. The maximum atomic E-state index is 11.6. The number of carbonyl (C=O) groups excluding carboxylic acids is 1. The molecule has 1 rings (SSSR count). The molecule has 0 fully saturated rings. The molecule has 1 aromatic rings. The highest BCUT2D eigenvalue weighted by atomic mass is 16.1. The summed E-state index contributed by atoms with van der Waals surface area (Å²) in [6.45, 7) is 8.84. The second-order valence-corrected chi connectivity index (χ2v) is 5.08. The summed E-state index contributed by atoms with van der Waals surface area (Å²) in [5.74, 6) is 0.0740. The number of amides is 1. The highest BCUT2D eigenvalue weighted by molar-refractivity contribution is 5.75. The maximum absolute atomic E-state index is 11.6. The first-order chi connectivity index (χ1) is 8.41. The predicted octanol–water partition coefficient (Wildman–Crippen LogP) is 2.36. The van der Waals surface area contributed by atoms with Gasteiger partial charge >= 0.3 is 0 Å². The molecule has 0 saturated carbocycles. The summed E-state index contributed by atoms with van der Waals surface area (Å²) in [7, 11) is 0. The molecule has 100 valence electrons. The van der Waals surface area contributed by atoms with Gasteiger partial charge in [-0.05, 0) is 56.4 Å². The van der Waals surface area contributed by atoms with E-state index in [1.807, 2.05) is 6.92 Å². The van der Waals surface area contributed by atoms with Gasteiger partial charge in [-0.15, -0.1) is 0 Å². The summed E-state index contributed by atoms with van der Waals surface area (Å²) >= 11 is 0. The summed E-state index contributed by atoms with van der Waals surface area (Å²) < 4.78 is 0. The monoisotopic (exact) mass is 248 g/mol. The van der Waals surface area contributed by atoms with Crippen molar-refractivity contribution in [2.45, 2.75) is 53.1 Å². The minimum atomic E-state index is 0.0740. The first-order valence-electron chi connectivity index (χ1n) is 6.49. The van der Waals surface area contributed by atoms with Crippen LogP contribution in [0.3, 0.4) is 0 Å². The summed E-state index contributed by atoms with van der Waals surface area (Å²) in [6, 6.07) is 4.27. The van der Waals surface area contributed by atoms with Crippen LogP contribution in [-0.4, -0.2) is 11.9 Å². The van der Waals surface area contributed by atoms with Crippen LogP contribution in [0, 0.1) is 20.8 Å².